The normalized spacial score (nSPS) is 19.5. The molecule has 1 aliphatic heterocycles. The smallest absolute Gasteiger partial charge is 0.303 e. The van der Waals surface area contributed by atoms with Crippen LogP contribution in [0.25, 0.3) is 0 Å². The second kappa shape index (κ2) is 18.3. The van der Waals surface area contributed by atoms with E-state index in [2.05, 4.69) is 26.2 Å². The molecule has 1 aromatic rings. The van der Waals surface area contributed by atoms with Crippen LogP contribution in [-0.2, 0) is 30.4 Å². The second-order valence-electron chi connectivity index (χ2n) is 11.7. The number of benzene rings is 1. The van der Waals surface area contributed by atoms with Gasteiger partial charge in [0.1, 0.15) is 12.1 Å². The summed E-state index contributed by atoms with van der Waals surface area (Å²) in [5.74, 6) is -2.32. The van der Waals surface area contributed by atoms with Gasteiger partial charge in [0, 0.05) is 38.0 Å². The molecule has 240 valence electrons. The van der Waals surface area contributed by atoms with E-state index in [4.69, 9.17) is 5.11 Å². The Balaban J connectivity index is 1.93. The molecule has 4 amide bonds. The Morgan fingerprint density at radius 1 is 0.977 bits per heavy atom. The first-order chi connectivity index (χ1) is 20.5. The molecule has 0 radical (unpaired) electrons. The summed E-state index contributed by atoms with van der Waals surface area (Å²) in [6.07, 6.45) is 3.23. The zero-order valence-corrected chi connectivity index (χ0v) is 26.4. The van der Waals surface area contributed by atoms with Crippen molar-refractivity contribution in [3.8, 4) is 0 Å². The molecule has 0 bridgehead atoms. The quantitative estimate of drug-likeness (QED) is 0.173. The van der Waals surface area contributed by atoms with Crippen LogP contribution < -0.4 is 21.3 Å². The van der Waals surface area contributed by atoms with Gasteiger partial charge in [-0.1, -0.05) is 63.9 Å². The molecule has 0 aromatic heterocycles. The number of aliphatic carboxylic acids is 1. The fourth-order valence-corrected chi connectivity index (χ4v) is 5.44. The van der Waals surface area contributed by atoms with Gasteiger partial charge in [0.05, 0.1) is 6.04 Å². The minimum atomic E-state index is -0.978. The summed E-state index contributed by atoms with van der Waals surface area (Å²) >= 11 is 0. The molecule has 1 aromatic carbocycles. The highest BCUT2D eigenvalue weighted by molar-refractivity contribution is 5.92. The maximum atomic E-state index is 13.3. The van der Waals surface area contributed by atoms with Crippen LogP contribution in [0.3, 0.4) is 0 Å². The Kier molecular flexibility index (Phi) is 15.2. The first-order valence-corrected chi connectivity index (χ1v) is 15.7. The van der Waals surface area contributed by atoms with Crippen LogP contribution in [0.4, 0.5) is 0 Å². The summed E-state index contributed by atoms with van der Waals surface area (Å²) in [6.45, 7) is 10.7. The molecule has 1 saturated heterocycles. The van der Waals surface area contributed by atoms with Crippen LogP contribution in [0.1, 0.15) is 85.1 Å². The van der Waals surface area contributed by atoms with Crippen molar-refractivity contribution in [2.75, 3.05) is 13.1 Å². The van der Waals surface area contributed by atoms with Crippen molar-refractivity contribution >= 4 is 29.6 Å². The van der Waals surface area contributed by atoms with Crippen LogP contribution >= 0.6 is 0 Å². The third kappa shape index (κ3) is 12.0. The van der Waals surface area contributed by atoms with E-state index in [0.717, 1.165) is 12.0 Å². The first kappa shape index (κ1) is 35.7. The zero-order valence-electron chi connectivity index (χ0n) is 26.4. The molecule has 1 fully saturated rings. The lowest BCUT2D eigenvalue weighted by Gasteiger charge is -2.28. The van der Waals surface area contributed by atoms with Crippen LogP contribution in [0, 0.1) is 5.92 Å². The minimum Gasteiger partial charge on any atom is -0.481 e. The number of hydrogen-bond donors (Lipinski definition) is 5. The number of hydrogen-bond acceptors (Lipinski definition) is 6. The van der Waals surface area contributed by atoms with E-state index in [0.29, 0.717) is 38.8 Å². The SMILES string of the molecule is CCC[C@H](NC(=O)[C@@H](NC(=O)CCCC(=O)O)[C@@H](C)CC)C(=O)N[C@H]1CC(C)N([C@@H](C)C(=O)NCCc2ccccc2)C1. The zero-order chi connectivity index (χ0) is 31.9. The Hall–Kier alpha value is -3.47. The van der Waals surface area contributed by atoms with Gasteiger partial charge in [0.15, 0.2) is 0 Å². The average Bonchev–Trinajstić information content (AvgIpc) is 3.34. The van der Waals surface area contributed by atoms with Crippen LogP contribution in [0.2, 0.25) is 0 Å². The minimum absolute atomic E-state index is 0.00518. The number of carbonyl (C=O) groups excluding carboxylic acids is 4. The number of rotatable bonds is 18. The van der Waals surface area contributed by atoms with Gasteiger partial charge >= 0.3 is 5.97 Å². The molecule has 0 saturated carbocycles. The molecule has 0 spiro atoms. The Morgan fingerprint density at radius 3 is 2.30 bits per heavy atom. The van der Waals surface area contributed by atoms with Crippen molar-refractivity contribution in [2.45, 2.75) is 116 Å². The maximum absolute atomic E-state index is 13.3. The maximum Gasteiger partial charge on any atom is 0.303 e. The topological polar surface area (TPSA) is 157 Å². The van der Waals surface area contributed by atoms with E-state index in [1.54, 1.807) is 0 Å². The van der Waals surface area contributed by atoms with Gasteiger partial charge < -0.3 is 26.4 Å². The van der Waals surface area contributed by atoms with Crippen LogP contribution in [0.5, 0.6) is 0 Å². The monoisotopic (exact) mass is 601 g/mol. The van der Waals surface area contributed by atoms with Gasteiger partial charge in [-0.25, -0.2) is 0 Å². The highest BCUT2D eigenvalue weighted by Gasteiger charge is 2.37. The van der Waals surface area contributed by atoms with E-state index >= 15 is 0 Å². The third-order valence-corrected chi connectivity index (χ3v) is 8.22. The third-order valence-electron chi connectivity index (χ3n) is 8.22. The summed E-state index contributed by atoms with van der Waals surface area (Å²) in [6, 6.07) is 7.95. The Bertz CT molecular complexity index is 1070. The van der Waals surface area contributed by atoms with Crippen LogP contribution in [0.15, 0.2) is 30.3 Å². The number of nitrogens with zero attached hydrogens (tertiary/aromatic N) is 1. The first-order valence-electron chi connectivity index (χ1n) is 15.7. The van der Waals surface area contributed by atoms with Crippen molar-refractivity contribution in [3.05, 3.63) is 35.9 Å². The van der Waals surface area contributed by atoms with E-state index in [1.807, 2.05) is 65.0 Å². The number of amides is 4. The lowest BCUT2D eigenvalue weighted by atomic mass is 9.97. The van der Waals surface area contributed by atoms with Crippen LogP contribution in [-0.4, -0.2) is 82.9 Å². The summed E-state index contributed by atoms with van der Waals surface area (Å²) in [7, 11) is 0. The molecule has 11 nitrogen and oxygen atoms in total. The molecular formula is C32H51N5O6. The van der Waals surface area contributed by atoms with Gasteiger partial charge in [-0.15, -0.1) is 0 Å². The number of carboxylic acid groups (broad SMARTS) is 1. The largest absolute Gasteiger partial charge is 0.481 e. The summed E-state index contributed by atoms with van der Waals surface area (Å²) < 4.78 is 0. The summed E-state index contributed by atoms with van der Waals surface area (Å²) in [4.78, 5) is 64.8. The molecule has 2 rings (SSSR count). The van der Waals surface area contributed by atoms with Crippen molar-refractivity contribution in [2.24, 2.45) is 5.92 Å². The van der Waals surface area contributed by atoms with Gasteiger partial charge in [-0.2, -0.15) is 0 Å². The molecule has 43 heavy (non-hydrogen) atoms. The van der Waals surface area contributed by atoms with Gasteiger partial charge in [0.2, 0.25) is 23.6 Å². The molecule has 1 unspecified atom stereocenters. The fraction of sp³-hybridized carbons (Fsp3) is 0.656. The molecular weight excluding hydrogens is 550 g/mol. The number of nitrogens with one attached hydrogen (secondary N) is 4. The molecule has 5 N–H and O–H groups in total. The Morgan fingerprint density at radius 2 is 1.67 bits per heavy atom. The molecule has 11 heteroatoms. The van der Waals surface area contributed by atoms with Crippen molar-refractivity contribution < 1.29 is 29.1 Å². The predicted octanol–water partition coefficient (Wildman–Crippen LogP) is 2.38. The van der Waals surface area contributed by atoms with Crippen molar-refractivity contribution in [3.63, 3.8) is 0 Å². The van der Waals surface area contributed by atoms with Crippen molar-refractivity contribution in [1.29, 1.82) is 0 Å². The van der Waals surface area contributed by atoms with E-state index in [1.165, 1.54) is 0 Å². The van der Waals surface area contributed by atoms with E-state index < -0.39 is 29.9 Å². The second-order valence-corrected chi connectivity index (χ2v) is 11.7. The average molecular weight is 602 g/mol. The lowest BCUT2D eigenvalue weighted by Crippen LogP contribution is -2.56. The van der Waals surface area contributed by atoms with E-state index in [9.17, 15) is 24.0 Å². The lowest BCUT2D eigenvalue weighted by molar-refractivity contribution is -0.137. The highest BCUT2D eigenvalue weighted by Crippen LogP contribution is 2.21. The highest BCUT2D eigenvalue weighted by atomic mass is 16.4. The number of carboxylic acids is 1. The van der Waals surface area contributed by atoms with Gasteiger partial charge in [-0.3, -0.25) is 28.9 Å². The summed E-state index contributed by atoms with van der Waals surface area (Å²) in [5, 5.41) is 20.5. The van der Waals surface area contributed by atoms with Gasteiger partial charge in [-0.05, 0) is 51.0 Å². The molecule has 0 aliphatic carbocycles. The van der Waals surface area contributed by atoms with E-state index in [-0.39, 0.29) is 55.1 Å². The fourth-order valence-electron chi connectivity index (χ4n) is 5.44. The molecule has 6 atom stereocenters. The number of likely N-dealkylation sites (tertiary alicyclic amines) is 1. The number of carbonyl (C=O) groups is 5. The standard InChI is InChI=1S/C32H51N5O6/c1-6-12-26(35-32(43)29(21(3)7-2)36-27(38)15-11-16-28(39)40)31(42)34-25-19-22(4)37(20-25)23(5)30(41)33-18-17-24-13-9-8-10-14-24/h8-10,13-14,21-23,25-26,29H,6-7,11-12,15-20H2,1-5H3,(H,33,41)(H,34,42)(H,35,43)(H,36,38)(H,39,40)/t21-,22?,23-,25-,26-,29-/m0/s1. The summed E-state index contributed by atoms with van der Waals surface area (Å²) in [5.41, 5.74) is 1.16. The van der Waals surface area contributed by atoms with Gasteiger partial charge in [0.25, 0.3) is 0 Å². The predicted molar refractivity (Wildman–Crippen MR) is 165 cm³/mol. The van der Waals surface area contributed by atoms with Crippen molar-refractivity contribution in [1.82, 2.24) is 26.2 Å². The molecule has 1 aliphatic rings. The molecule has 1 heterocycles. The Labute approximate surface area is 255 Å².